The number of hydrogen-bond donors (Lipinski definition) is 2. The van der Waals surface area contributed by atoms with Crippen LogP contribution in [0.15, 0.2) is 0 Å². The Balaban J connectivity index is 2.35. The number of hydrogen-bond acceptors (Lipinski definition) is 2. The average Bonchev–Trinajstić information content (AvgIpc) is 2.62. The molecule has 1 rings (SSSR count). The lowest BCUT2D eigenvalue weighted by atomic mass is 9.88. The zero-order valence-electron chi connectivity index (χ0n) is 11.8. The van der Waals surface area contributed by atoms with Gasteiger partial charge in [0, 0.05) is 6.04 Å². The van der Waals surface area contributed by atoms with Crippen LogP contribution >= 0.6 is 0 Å². The summed E-state index contributed by atoms with van der Waals surface area (Å²) < 4.78 is 0. The normalized spacial score (nSPS) is 21.2. The van der Waals surface area contributed by atoms with E-state index in [0.29, 0.717) is 5.41 Å². The molecule has 3 nitrogen and oxygen atoms in total. The first-order valence-corrected chi connectivity index (χ1v) is 6.83. The lowest BCUT2D eigenvalue weighted by Gasteiger charge is -2.26. The predicted octanol–water partition coefficient (Wildman–Crippen LogP) is 2.59. The molecule has 0 bridgehead atoms. The highest BCUT2D eigenvalue weighted by Gasteiger charge is 2.37. The first-order valence-electron chi connectivity index (χ1n) is 6.83. The van der Waals surface area contributed by atoms with Crippen LogP contribution in [-0.2, 0) is 4.79 Å². The molecule has 0 saturated heterocycles. The monoisotopic (exact) mass is 240 g/mol. The summed E-state index contributed by atoms with van der Waals surface area (Å²) >= 11 is 0. The van der Waals surface area contributed by atoms with Gasteiger partial charge in [-0.05, 0) is 38.0 Å². The molecule has 1 amide bonds. The van der Waals surface area contributed by atoms with Gasteiger partial charge in [0.2, 0.25) is 5.91 Å². The minimum Gasteiger partial charge on any atom is -0.352 e. The van der Waals surface area contributed by atoms with Crippen LogP contribution in [0.4, 0.5) is 0 Å². The second-order valence-corrected chi connectivity index (χ2v) is 6.84. The van der Waals surface area contributed by atoms with Crippen molar-refractivity contribution in [3.8, 4) is 0 Å². The molecule has 0 radical (unpaired) electrons. The van der Waals surface area contributed by atoms with Gasteiger partial charge in [-0.1, -0.05) is 33.6 Å². The Labute approximate surface area is 106 Å². The van der Waals surface area contributed by atoms with E-state index in [1.54, 1.807) is 0 Å². The molecule has 17 heavy (non-hydrogen) atoms. The quantitative estimate of drug-likeness (QED) is 0.793. The average molecular weight is 240 g/mol. The zero-order valence-corrected chi connectivity index (χ0v) is 11.8. The van der Waals surface area contributed by atoms with Gasteiger partial charge in [-0.2, -0.15) is 0 Å². The van der Waals surface area contributed by atoms with Crippen LogP contribution in [0.25, 0.3) is 0 Å². The minimum absolute atomic E-state index is 0.0522. The van der Waals surface area contributed by atoms with E-state index in [9.17, 15) is 4.79 Å². The SMILES string of the molecule is CC(CCC(C)(C)C)NC(=O)C1(N)CCCC1. The largest absolute Gasteiger partial charge is 0.352 e. The van der Waals surface area contributed by atoms with E-state index < -0.39 is 5.54 Å². The van der Waals surface area contributed by atoms with Crippen molar-refractivity contribution in [3.05, 3.63) is 0 Å². The van der Waals surface area contributed by atoms with Gasteiger partial charge < -0.3 is 11.1 Å². The van der Waals surface area contributed by atoms with Gasteiger partial charge in [0.1, 0.15) is 0 Å². The maximum Gasteiger partial charge on any atom is 0.240 e. The fraction of sp³-hybridized carbons (Fsp3) is 0.929. The second-order valence-electron chi connectivity index (χ2n) is 6.84. The molecule has 1 aliphatic carbocycles. The van der Waals surface area contributed by atoms with Crippen LogP contribution in [-0.4, -0.2) is 17.5 Å². The van der Waals surface area contributed by atoms with Gasteiger partial charge in [0.25, 0.3) is 0 Å². The Morgan fingerprint density at radius 2 is 1.88 bits per heavy atom. The lowest BCUT2D eigenvalue weighted by Crippen LogP contribution is -2.54. The third-order valence-corrected chi connectivity index (χ3v) is 3.65. The zero-order chi connectivity index (χ0) is 13.1. The maximum absolute atomic E-state index is 12.1. The fourth-order valence-corrected chi connectivity index (χ4v) is 2.32. The Hall–Kier alpha value is -0.570. The molecule has 1 aliphatic rings. The molecule has 0 heterocycles. The van der Waals surface area contributed by atoms with Crippen molar-refractivity contribution in [2.45, 2.75) is 77.8 Å². The molecule has 1 unspecified atom stereocenters. The van der Waals surface area contributed by atoms with Crippen LogP contribution in [0, 0.1) is 5.41 Å². The second kappa shape index (κ2) is 5.38. The van der Waals surface area contributed by atoms with Gasteiger partial charge in [-0.3, -0.25) is 4.79 Å². The molecule has 0 aromatic heterocycles. The smallest absolute Gasteiger partial charge is 0.240 e. The van der Waals surface area contributed by atoms with E-state index in [-0.39, 0.29) is 11.9 Å². The van der Waals surface area contributed by atoms with Crippen LogP contribution in [0.1, 0.15) is 66.2 Å². The topological polar surface area (TPSA) is 55.1 Å². The summed E-state index contributed by atoms with van der Waals surface area (Å²) in [6.45, 7) is 8.75. The number of nitrogens with one attached hydrogen (secondary N) is 1. The molecule has 0 spiro atoms. The third kappa shape index (κ3) is 4.66. The molecular weight excluding hydrogens is 212 g/mol. The minimum atomic E-state index is -0.587. The fourth-order valence-electron chi connectivity index (χ4n) is 2.32. The molecule has 1 fully saturated rings. The van der Waals surface area contributed by atoms with E-state index >= 15 is 0 Å². The van der Waals surface area contributed by atoms with E-state index in [0.717, 1.165) is 38.5 Å². The molecule has 1 saturated carbocycles. The van der Waals surface area contributed by atoms with Crippen molar-refractivity contribution < 1.29 is 4.79 Å². The highest BCUT2D eigenvalue weighted by molar-refractivity contribution is 5.86. The summed E-state index contributed by atoms with van der Waals surface area (Å²) in [7, 11) is 0. The predicted molar refractivity (Wildman–Crippen MR) is 71.7 cm³/mol. The summed E-state index contributed by atoms with van der Waals surface area (Å²) in [6.07, 6.45) is 5.98. The van der Waals surface area contributed by atoms with Gasteiger partial charge in [-0.15, -0.1) is 0 Å². The van der Waals surface area contributed by atoms with Crippen LogP contribution in [0.2, 0.25) is 0 Å². The van der Waals surface area contributed by atoms with Crippen molar-refractivity contribution in [1.82, 2.24) is 5.32 Å². The van der Waals surface area contributed by atoms with Crippen molar-refractivity contribution >= 4 is 5.91 Å². The van der Waals surface area contributed by atoms with E-state index in [2.05, 4.69) is 33.0 Å². The van der Waals surface area contributed by atoms with Crippen molar-refractivity contribution in [2.24, 2.45) is 11.1 Å². The van der Waals surface area contributed by atoms with Gasteiger partial charge in [-0.25, -0.2) is 0 Å². The summed E-state index contributed by atoms with van der Waals surface area (Å²) in [6, 6.07) is 0.225. The first-order chi connectivity index (χ1) is 7.73. The molecule has 100 valence electrons. The summed E-state index contributed by atoms with van der Waals surface area (Å²) in [5.74, 6) is 0.0522. The Morgan fingerprint density at radius 1 is 1.35 bits per heavy atom. The number of carbonyl (C=O) groups is 1. The van der Waals surface area contributed by atoms with Gasteiger partial charge in [0.15, 0.2) is 0 Å². The molecular formula is C14H28N2O. The van der Waals surface area contributed by atoms with Gasteiger partial charge >= 0.3 is 0 Å². The molecule has 0 aromatic carbocycles. The van der Waals surface area contributed by atoms with Crippen molar-refractivity contribution in [2.75, 3.05) is 0 Å². The van der Waals surface area contributed by atoms with Crippen molar-refractivity contribution in [3.63, 3.8) is 0 Å². The molecule has 1 atom stereocenters. The van der Waals surface area contributed by atoms with Crippen molar-refractivity contribution in [1.29, 1.82) is 0 Å². The summed E-state index contributed by atoms with van der Waals surface area (Å²) in [4.78, 5) is 12.1. The molecule has 3 N–H and O–H groups in total. The number of nitrogens with two attached hydrogens (primary N) is 1. The van der Waals surface area contributed by atoms with Gasteiger partial charge in [0.05, 0.1) is 5.54 Å². The number of rotatable bonds is 4. The summed E-state index contributed by atoms with van der Waals surface area (Å²) in [5.41, 5.74) is 5.86. The Morgan fingerprint density at radius 3 is 2.35 bits per heavy atom. The summed E-state index contributed by atoms with van der Waals surface area (Å²) in [5, 5.41) is 3.07. The molecule has 0 aliphatic heterocycles. The Kier molecular flexibility index (Phi) is 4.59. The van der Waals surface area contributed by atoms with Crippen LogP contribution in [0.5, 0.6) is 0 Å². The number of carbonyl (C=O) groups excluding carboxylic acids is 1. The van der Waals surface area contributed by atoms with E-state index in [1.165, 1.54) is 0 Å². The number of amides is 1. The van der Waals surface area contributed by atoms with E-state index in [1.807, 2.05) is 0 Å². The van der Waals surface area contributed by atoms with Crippen LogP contribution in [0.3, 0.4) is 0 Å². The maximum atomic E-state index is 12.1. The third-order valence-electron chi connectivity index (χ3n) is 3.65. The molecule has 3 heteroatoms. The first kappa shape index (κ1) is 14.5. The Bertz CT molecular complexity index is 262. The lowest BCUT2D eigenvalue weighted by molar-refractivity contribution is -0.126. The van der Waals surface area contributed by atoms with E-state index in [4.69, 9.17) is 5.73 Å². The van der Waals surface area contributed by atoms with Crippen LogP contribution < -0.4 is 11.1 Å². The molecule has 0 aromatic rings. The standard InChI is InChI=1S/C14H28N2O/c1-11(7-10-13(2,3)4)16-12(17)14(15)8-5-6-9-14/h11H,5-10,15H2,1-4H3,(H,16,17). The highest BCUT2D eigenvalue weighted by Crippen LogP contribution is 2.27. The highest BCUT2D eigenvalue weighted by atomic mass is 16.2.